The van der Waals surface area contributed by atoms with Crippen LogP contribution in [0.4, 0.5) is 0 Å². The van der Waals surface area contributed by atoms with E-state index < -0.39 is 11.8 Å². The Bertz CT molecular complexity index is 803. The number of hydrogen-bond donors (Lipinski definition) is 2. The van der Waals surface area contributed by atoms with E-state index in [4.69, 9.17) is 0 Å². The summed E-state index contributed by atoms with van der Waals surface area (Å²) in [7, 11) is 0. The fourth-order valence-corrected chi connectivity index (χ4v) is 2.96. The molecule has 3 rings (SSSR count). The zero-order valence-corrected chi connectivity index (χ0v) is 15.1. The Hall–Kier alpha value is -3.16. The predicted molar refractivity (Wildman–Crippen MR) is 98.4 cm³/mol. The van der Waals surface area contributed by atoms with Crippen molar-refractivity contribution < 1.29 is 14.4 Å². The number of likely N-dealkylation sites (tertiary alicyclic amines) is 1. The van der Waals surface area contributed by atoms with Crippen LogP contribution in [0, 0.1) is 0 Å². The standard InChI is InChI=1S/C19H23N5O3/c25-17(14-23-10-6-2-5-9-18(23)26)21-22-19(27)16-11-20-24(13-16)12-15-7-3-1-4-8-15/h1,3-4,7-8,11,13H,2,5-6,9-10,12,14H2,(H,21,25)(H,22,27). The Kier molecular flexibility index (Phi) is 6.19. The Morgan fingerprint density at radius 1 is 1.07 bits per heavy atom. The third-order valence-electron chi connectivity index (χ3n) is 4.40. The molecular weight excluding hydrogens is 346 g/mol. The summed E-state index contributed by atoms with van der Waals surface area (Å²) in [5.41, 5.74) is 6.14. The van der Waals surface area contributed by atoms with Crippen molar-refractivity contribution in [3.05, 3.63) is 53.9 Å². The highest BCUT2D eigenvalue weighted by molar-refractivity contribution is 5.95. The van der Waals surface area contributed by atoms with Gasteiger partial charge in [-0.1, -0.05) is 36.8 Å². The molecule has 0 unspecified atom stereocenters. The monoisotopic (exact) mass is 369 g/mol. The Labute approximate surface area is 157 Å². The summed E-state index contributed by atoms with van der Waals surface area (Å²) < 4.78 is 1.65. The fraction of sp³-hybridized carbons (Fsp3) is 0.368. The first kappa shape index (κ1) is 18.6. The number of nitrogens with one attached hydrogen (secondary N) is 2. The van der Waals surface area contributed by atoms with E-state index in [0.717, 1.165) is 24.8 Å². The van der Waals surface area contributed by atoms with Gasteiger partial charge in [0.05, 0.1) is 18.3 Å². The molecule has 0 spiro atoms. The molecule has 8 nitrogen and oxygen atoms in total. The molecule has 0 atom stereocenters. The van der Waals surface area contributed by atoms with Gasteiger partial charge in [-0.05, 0) is 18.4 Å². The van der Waals surface area contributed by atoms with Gasteiger partial charge >= 0.3 is 0 Å². The fourth-order valence-electron chi connectivity index (χ4n) is 2.96. The second kappa shape index (κ2) is 8.98. The summed E-state index contributed by atoms with van der Waals surface area (Å²) in [5.74, 6) is -0.892. The first-order valence-corrected chi connectivity index (χ1v) is 9.05. The van der Waals surface area contributed by atoms with Gasteiger partial charge in [0.2, 0.25) is 5.91 Å². The largest absolute Gasteiger partial charge is 0.333 e. The van der Waals surface area contributed by atoms with Crippen LogP contribution in [0.5, 0.6) is 0 Å². The predicted octanol–water partition coefficient (Wildman–Crippen LogP) is 1.10. The van der Waals surface area contributed by atoms with E-state index in [-0.39, 0.29) is 12.5 Å². The highest BCUT2D eigenvalue weighted by Crippen LogP contribution is 2.10. The van der Waals surface area contributed by atoms with E-state index in [0.29, 0.717) is 25.1 Å². The lowest BCUT2D eigenvalue weighted by molar-refractivity contribution is -0.135. The minimum Gasteiger partial charge on any atom is -0.333 e. The van der Waals surface area contributed by atoms with Crippen molar-refractivity contribution in [3.63, 3.8) is 0 Å². The molecule has 0 aliphatic carbocycles. The average Bonchev–Trinajstić information content (AvgIpc) is 3.04. The molecule has 2 heterocycles. The maximum atomic E-state index is 12.2. The second-order valence-electron chi connectivity index (χ2n) is 6.54. The number of amides is 3. The summed E-state index contributed by atoms with van der Waals surface area (Å²) >= 11 is 0. The van der Waals surface area contributed by atoms with Gasteiger partial charge in [0.15, 0.2) is 0 Å². The molecule has 1 aromatic carbocycles. The molecule has 27 heavy (non-hydrogen) atoms. The third-order valence-corrected chi connectivity index (χ3v) is 4.40. The van der Waals surface area contributed by atoms with Crippen LogP contribution < -0.4 is 10.9 Å². The van der Waals surface area contributed by atoms with Gasteiger partial charge in [-0.2, -0.15) is 5.10 Å². The van der Waals surface area contributed by atoms with Crippen molar-refractivity contribution in [2.75, 3.05) is 13.1 Å². The quantitative estimate of drug-likeness (QED) is 0.771. The van der Waals surface area contributed by atoms with Crippen LogP contribution >= 0.6 is 0 Å². The number of benzene rings is 1. The highest BCUT2D eigenvalue weighted by atomic mass is 16.2. The Balaban J connectivity index is 1.47. The van der Waals surface area contributed by atoms with Gasteiger partial charge in [-0.3, -0.25) is 29.9 Å². The zero-order valence-electron chi connectivity index (χ0n) is 15.1. The third kappa shape index (κ3) is 5.40. The van der Waals surface area contributed by atoms with Crippen LogP contribution in [0.1, 0.15) is 41.6 Å². The van der Waals surface area contributed by atoms with E-state index in [1.807, 2.05) is 30.3 Å². The number of carbonyl (C=O) groups is 3. The van der Waals surface area contributed by atoms with Gasteiger partial charge in [-0.25, -0.2) is 0 Å². The van der Waals surface area contributed by atoms with Crippen LogP contribution in [0.15, 0.2) is 42.7 Å². The number of hydrogen-bond acceptors (Lipinski definition) is 4. The van der Waals surface area contributed by atoms with Crippen molar-refractivity contribution in [1.82, 2.24) is 25.5 Å². The number of carbonyl (C=O) groups excluding carboxylic acids is 3. The van der Waals surface area contributed by atoms with Crippen molar-refractivity contribution in [3.8, 4) is 0 Å². The van der Waals surface area contributed by atoms with Crippen LogP contribution in [0.25, 0.3) is 0 Å². The number of rotatable bonds is 5. The molecule has 2 N–H and O–H groups in total. The van der Waals surface area contributed by atoms with E-state index in [1.165, 1.54) is 11.1 Å². The summed E-state index contributed by atoms with van der Waals surface area (Å²) in [6.07, 6.45) is 6.29. The summed E-state index contributed by atoms with van der Waals surface area (Å²) in [6, 6.07) is 9.78. The number of nitrogens with zero attached hydrogens (tertiary/aromatic N) is 3. The van der Waals surface area contributed by atoms with E-state index in [1.54, 1.807) is 10.9 Å². The molecule has 1 aliphatic rings. The first-order valence-electron chi connectivity index (χ1n) is 9.05. The zero-order chi connectivity index (χ0) is 19.1. The van der Waals surface area contributed by atoms with Gasteiger partial charge in [-0.15, -0.1) is 0 Å². The topological polar surface area (TPSA) is 96.3 Å². The highest BCUT2D eigenvalue weighted by Gasteiger charge is 2.19. The molecule has 2 aromatic rings. The van der Waals surface area contributed by atoms with E-state index in [2.05, 4.69) is 16.0 Å². The maximum absolute atomic E-state index is 12.2. The van der Waals surface area contributed by atoms with Crippen molar-refractivity contribution in [1.29, 1.82) is 0 Å². The smallest absolute Gasteiger partial charge is 0.272 e. The Morgan fingerprint density at radius 2 is 1.89 bits per heavy atom. The average molecular weight is 369 g/mol. The van der Waals surface area contributed by atoms with E-state index in [9.17, 15) is 14.4 Å². The van der Waals surface area contributed by atoms with Crippen molar-refractivity contribution in [2.24, 2.45) is 0 Å². The molecule has 0 bridgehead atoms. The van der Waals surface area contributed by atoms with E-state index >= 15 is 0 Å². The van der Waals surface area contributed by atoms with Crippen LogP contribution in [0.2, 0.25) is 0 Å². The van der Waals surface area contributed by atoms with Gasteiger partial charge in [0, 0.05) is 19.2 Å². The molecule has 3 amide bonds. The second-order valence-corrected chi connectivity index (χ2v) is 6.54. The van der Waals surface area contributed by atoms with Crippen LogP contribution in [-0.4, -0.2) is 45.5 Å². The lowest BCUT2D eigenvalue weighted by Crippen LogP contribution is -2.47. The van der Waals surface area contributed by atoms with Crippen LogP contribution in [-0.2, 0) is 16.1 Å². The first-order chi connectivity index (χ1) is 13.1. The lowest BCUT2D eigenvalue weighted by atomic mass is 10.2. The molecule has 1 aliphatic heterocycles. The molecule has 1 saturated heterocycles. The van der Waals surface area contributed by atoms with Crippen molar-refractivity contribution >= 4 is 17.7 Å². The van der Waals surface area contributed by atoms with Gasteiger partial charge < -0.3 is 4.90 Å². The number of aromatic nitrogens is 2. The summed E-state index contributed by atoms with van der Waals surface area (Å²) in [5, 5.41) is 4.16. The van der Waals surface area contributed by atoms with Crippen molar-refractivity contribution in [2.45, 2.75) is 32.2 Å². The molecule has 0 radical (unpaired) electrons. The minimum atomic E-state index is -0.454. The maximum Gasteiger partial charge on any atom is 0.272 e. The summed E-state index contributed by atoms with van der Waals surface area (Å²) in [6.45, 7) is 1.08. The molecular formula is C19H23N5O3. The molecule has 8 heteroatoms. The molecule has 0 saturated carbocycles. The molecule has 142 valence electrons. The lowest BCUT2D eigenvalue weighted by Gasteiger charge is -2.19. The Morgan fingerprint density at radius 3 is 2.70 bits per heavy atom. The van der Waals surface area contributed by atoms with Gasteiger partial charge in [0.1, 0.15) is 6.54 Å². The van der Waals surface area contributed by atoms with Gasteiger partial charge in [0.25, 0.3) is 11.8 Å². The normalized spacial score (nSPS) is 14.5. The SMILES string of the molecule is O=C(CN1CCCCCC1=O)NNC(=O)c1cnn(Cc2ccccc2)c1. The molecule has 1 aromatic heterocycles. The van der Waals surface area contributed by atoms with Crippen LogP contribution in [0.3, 0.4) is 0 Å². The summed E-state index contributed by atoms with van der Waals surface area (Å²) in [4.78, 5) is 37.6. The number of hydrazine groups is 1. The minimum absolute atomic E-state index is 0.0174. The molecule has 1 fully saturated rings.